The van der Waals surface area contributed by atoms with Crippen molar-refractivity contribution in [2.45, 2.75) is 19.8 Å². The lowest BCUT2D eigenvalue weighted by Gasteiger charge is -2.23. The van der Waals surface area contributed by atoms with Crippen molar-refractivity contribution in [1.82, 2.24) is 9.55 Å². The smallest absolute Gasteiger partial charge is 0.337 e. The number of aromatic nitrogens is 2. The molecule has 0 aliphatic carbocycles. The van der Waals surface area contributed by atoms with E-state index < -0.39 is 5.97 Å². The van der Waals surface area contributed by atoms with Crippen molar-refractivity contribution < 1.29 is 14.3 Å². The average Bonchev–Trinajstić information content (AvgIpc) is 2.76. The Morgan fingerprint density at radius 2 is 1.97 bits per heavy atom. The molecule has 29 heavy (non-hydrogen) atoms. The van der Waals surface area contributed by atoms with Crippen LogP contribution >= 0.6 is 0 Å². The average molecular weight is 395 g/mol. The largest absolute Gasteiger partial charge is 0.497 e. The van der Waals surface area contributed by atoms with E-state index in [2.05, 4.69) is 6.92 Å². The van der Waals surface area contributed by atoms with E-state index in [0.29, 0.717) is 33.9 Å². The molecule has 0 saturated heterocycles. The van der Waals surface area contributed by atoms with Crippen LogP contribution in [0.4, 0.5) is 5.95 Å². The quantitative estimate of drug-likeness (QED) is 0.571. The van der Waals surface area contributed by atoms with Crippen LogP contribution in [0.5, 0.6) is 5.75 Å². The number of carbonyl (C=O) groups excluding carboxylic acids is 1. The topological polar surface area (TPSA) is 73.7 Å². The molecule has 1 heterocycles. The Balaban J connectivity index is 2.27. The van der Waals surface area contributed by atoms with E-state index in [1.54, 1.807) is 35.9 Å². The van der Waals surface area contributed by atoms with Crippen LogP contribution < -0.4 is 15.2 Å². The van der Waals surface area contributed by atoms with E-state index in [1.165, 1.54) is 7.11 Å². The molecule has 7 nitrogen and oxygen atoms in total. The Bertz CT molecular complexity index is 1090. The molecule has 0 atom stereocenters. The third-order valence-electron chi connectivity index (χ3n) is 4.77. The lowest BCUT2D eigenvalue weighted by Crippen LogP contribution is -2.30. The fourth-order valence-corrected chi connectivity index (χ4v) is 3.15. The number of benzene rings is 2. The molecular formula is C22H25N3O4. The minimum Gasteiger partial charge on any atom is -0.497 e. The maximum Gasteiger partial charge on any atom is 0.337 e. The molecule has 0 saturated carbocycles. The zero-order valence-corrected chi connectivity index (χ0v) is 17.1. The number of hydrogen-bond acceptors (Lipinski definition) is 6. The molecule has 0 fully saturated rings. The van der Waals surface area contributed by atoms with Gasteiger partial charge in [-0.15, -0.1) is 0 Å². The molecule has 0 spiro atoms. The first-order valence-corrected chi connectivity index (χ1v) is 9.50. The van der Waals surface area contributed by atoms with Gasteiger partial charge in [-0.3, -0.25) is 4.79 Å². The van der Waals surface area contributed by atoms with Gasteiger partial charge in [0.1, 0.15) is 5.75 Å². The van der Waals surface area contributed by atoms with Crippen molar-refractivity contribution in [1.29, 1.82) is 0 Å². The van der Waals surface area contributed by atoms with Crippen molar-refractivity contribution in [3.63, 3.8) is 0 Å². The van der Waals surface area contributed by atoms with Gasteiger partial charge >= 0.3 is 5.97 Å². The summed E-state index contributed by atoms with van der Waals surface area (Å²) in [6, 6.07) is 12.1. The number of ether oxygens (including phenoxy) is 2. The molecule has 0 aliphatic rings. The van der Waals surface area contributed by atoms with Crippen LogP contribution in [0.1, 0.15) is 30.1 Å². The number of rotatable bonds is 7. The zero-order valence-electron chi connectivity index (χ0n) is 17.1. The second-order valence-electron chi connectivity index (χ2n) is 6.75. The predicted octanol–water partition coefficient (Wildman–Crippen LogP) is 3.42. The van der Waals surface area contributed by atoms with Crippen molar-refractivity contribution in [2.24, 2.45) is 0 Å². The lowest BCUT2D eigenvalue weighted by atomic mass is 10.1. The van der Waals surface area contributed by atoms with Crippen LogP contribution in [0.2, 0.25) is 0 Å². The minimum atomic E-state index is -0.466. The Hall–Kier alpha value is -3.35. The number of anilines is 1. The van der Waals surface area contributed by atoms with Crippen LogP contribution in [0.25, 0.3) is 16.6 Å². The lowest BCUT2D eigenvalue weighted by molar-refractivity contribution is 0.0601. The van der Waals surface area contributed by atoms with E-state index >= 15 is 0 Å². The molecule has 0 unspecified atom stereocenters. The van der Waals surface area contributed by atoms with Gasteiger partial charge in [0, 0.05) is 19.7 Å². The van der Waals surface area contributed by atoms with E-state index in [0.717, 1.165) is 19.4 Å². The molecule has 0 aliphatic heterocycles. The number of fused-ring (bicyclic) bond motifs is 1. The number of carbonyl (C=O) groups is 1. The summed E-state index contributed by atoms with van der Waals surface area (Å²) in [7, 11) is 4.82. The van der Waals surface area contributed by atoms with E-state index in [1.807, 2.05) is 30.1 Å². The highest BCUT2D eigenvalue weighted by atomic mass is 16.5. The number of hydrogen-bond donors (Lipinski definition) is 0. The molecule has 0 N–H and O–H groups in total. The van der Waals surface area contributed by atoms with Crippen LogP contribution in [0, 0.1) is 0 Å². The molecule has 1 aromatic heterocycles. The van der Waals surface area contributed by atoms with Gasteiger partial charge in [-0.2, -0.15) is 0 Å². The molecule has 0 bridgehead atoms. The number of methoxy groups -OCH3 is 2. The Labute approximate surface area is 169 Å². The highest BCUT2D eigenvalue weighted by molar-refractivity contribution is 5.94. The first-order chi connectivity index (χ1) is 14.0. The fourth-order valence-electron chi connectivity index (χ4n) is 3.15. The molecule has 152 valence electrons. The number of nitrogens with zero attached hydrogens (tertiary/aromatic N) is 3. The van der Waals surface area contributed by atoms with Crippen LogP contribution in [0.15, 0.2) is 47.3 Å². The highest BCUT2D eigenvalue weighted by Crippen LogP contribution is 2.23. The molecule has 0 amide bonds. The normalized spacial score (nSPS) is 10.8. The monoisotopic (exact) mass is 395 g/mol. The van der Waals surface area contributed by atoms with Crippen molar-refractivity contribution in [3.8, 4) is 11.4 Å². The fraction of sp³-hybridized carbons (Fsp3) is 0.318. The van der Waals surface area contributed by atoms with E-state index in [9.17, 15) is 9.59 Å². The molecule has 0 radical (unpaired) electrons. The maximum absolute atomic E-state index is 13.4. The predicted molar refractivity (Wildman–Crippen MR) is 113 cm³/mol. The zero-order chi connectivity index (χ0) is 21.0. The second-order valence-corrected chi connectivity index (χ2v) is 6.75. The van der Waals surface area contributed by atoms with Crippen LogP contribution in [-0.4, -0.2) is 43.3 Å². The van der Waals surface area contributed by atoms with Crippen molar-refractivity contribution in [2.75, 3.05) is 32.7 Å². The van der Waals surface area contributed by atoms with Gasteiger partial charge in [0.05, 0.1) is 36.4 Å². The first kappa shape index (κ1) is 20.4. The molecule has 3 rings (SSSR count). The number of esters is 1. The molecule has 2 aromatic carbocycles. The van der Waals surface area contributed by atoms with E-state index in [-0.39, 0.29) is 5.56 Å². The van der Waals surface area contributed by atoms with Crippen molar-refractivity contribution >= 4 is 22.8 Å². The standard InChI is InChI=1S/C22H25N3O4/c1-5-6-12-24(2)22-23-19-13-15(21(27)29-4)10-11-18(19)20(26)25(22)16-8-7-9-17(14-16)28-3/h7-11,13-14H,5-6,12H2,1-4H3. The third-order valence-corrected chi connectivity index (χ3v) is 4.77. The summed E-state index contributed by atoms with van der Waals surface area (Å²) in [6.07, 6.45) is 1.98. The van der Waals surface area contributed by atoms with Gasteiger partial charge in [-0.05, 0) is 36.8 Å². The summed E-state index contributed by atoms with van der Waals surface area (Å²) >= 11 is 0. The summed E-state index contributed by atoms with van der Waals surface area (Å²) < 4.78 is 11.7. The van der Waals surface area contributed by atoms with E-state index in [4.69, 9.17) is 14.5 Å². The SMILES string of the molecule is CCCCN(C)c1nc2cc(C(=O)OC)ccc2c(=O)n1-c1cccc(OC)c1. The number of unbranched alkanes of at least 4 members (excludes halogenated alkanes) is 1. The summed E-state index contributed by atoms with van der Waals surface area (Å²) in [5, 5.41) is 0.424. The van der Waals surface area contributed by atoms with Gasteiger partial charge in [0.2, 0.25) is 5.95 Å². The summed E-state index contributed by atoms with van der Waals surface area (Å²) in [5.41, 5.74) is 1.26. The van der Waals surface area contributed by atoms with Crippen LogP contribution in [-0.2, 0) is 4.74 Å². The Morgan fingerprint density at radius 1 is 1.17 bits per heavy atom. The Kier molecular flexibility index (Phi) is 6.16. The molecule has 7 heteroatoms. The minimum absolute atomic E-state index is 0.210. The van der Waals surface area contributed by atoms with Crippen LogP contribution in [0.3, 0.4) is 0 Å². The highest BCUT2D eigenvalue weighted by Gasteiger charge is 2.18. The van der Waals surface area contributed by atoms with Gasteiger partial charge in [-0.25, -0.2) is 14.3 Å². The third kappa shape index (κ3) is 4.08. The van der Waals surface area contributed by atoms with Gasteiger partial charge in [-0.1, -0.05) is 19.4 Å². The summed E-state index contributed by atoms with van der Waals surface area (Å²) in [5.74, 6) is 0.690. The van der Waals surface area contributed by atoms with Gasteiger partial charge < -0.3 is 14.4 Å². The Morgan fingerprint density at radius 3 is 2.66 bits per heavy atom. The first-order valence-electron chi connectivity index (χ1n) is 9.50. The summed E-state index contributed by atoms with van der Waals surface area (Å²) in [4.78, 5) is 32.0. The maximum atomic E-state index is 13.4. The van der Waals surface area contributed by atoms with Crippen molar-refractivity contribution in [3.05, 3.63) is 58.4 Å². The summed E-state index contributed by atoms with van der Waals surface area (Å²) in [6.45, 7) is 2.86. The molecular weight excluding hydrogens is 370 g/mol. The van der Waals surface area contributed by atoms with Gasteiger partial charge in [0.25, 0.3) is 5.56 Å². The van der Waals surface area contributed by atoms with Gasteiger partial charge in [0.15, 0.2) is 0 Å². The molecule has 3 aromatic rings. The second kappa shape index (κ2) is 8.77.